The molecule has 2 aromatic heterocycles. The first-order valence-electron chi connectivity index (χ1n) is 8.59. The lowest BCUT2D eigenvalue weighted by atomic mass is 10.3. The average Bonchev–Trinajstić information content (AvgIpc) is 3.41. The summed E-state index contributed by atoms with van der Waals surface area (Å²) in [5.41, 5.74) is 0.771. The second-order valence-electron chi connectivity index (χ2n) is 5.83. The number of carbonyl (C=O) groups excluding carboxylic acids is 1. The molecule has 0 radical (unpaired) electrons. The number of aromatic amines is 1. The second kappa shape index (κ2) is 9.49. The smallest absolute Gasteiger partial charge is 0.234 e. The summed E-state index contributed by atoms with van der Waals surface area (Å²) in [5.74, 6) is 0.830. The standard InChI is InChI=1S/C20H15ClN4OS3/c21-13-7-9-14(10-8-13)29-16-5-2-1-4-15(16)22-18(26)12-28-20-23-19(24-25-20)17-6-3-11-27-17/h1-11H,12H2,(H,22,26)(H,23,24,25). The Morgan fingerprint density at radius 1 is 1.10 bits per heavy atom. The first-order chi connectivity index (χ1) is 14.2. The maximum absolute atomic E-state index is 12.4. The number of carbonyl (C=O) groups is 1. The van der Waals surface area contributed by atoms with Crippen LogP contribution in [-0.4, -0.2) is 26.8 Å². The molecule has 4 rings (SSSR count). The van der Waals surface area contributed by atoms with E-state index in [1.165, 1.54) is 11.8 Å². The zero-order valence-electron chi connectivity index (χ0n) is 15.0. The van der Waals surface area contributed by atoms with Gasteiger partial charge in [0, 0.05) is 14.8 Å². The highest BCUT2D eigenvalue weighted by atomic mass is 35.5. The fourth-order valence-electron chi connectivity index (χ4n) is 2.44. The van der Waals surface area contributed by atoms with Gasteiger partial charge in [-0.15, -0.1) is 16.4 Å². The SMILES string of the molecule is O=C(CSc1n[nH]c(-c2cccs2)n1)Nc1ccccc1Sc1ccc(Cl)cc1. The van der Waals surface area contributed by atoms with Gasteiger partial charge in [0.05, 0.1) is 16.3 Å². The molecular formula is C20H15ClN4OS3. The van der Waals surface area contributed by atoms with E-state index in [0.717, 1.165) is 20.4 Å². The van der Waals surface area contributed by atoms with E-state index in [9.17, 15) is 4.79 Å². The lowest BCUT2D eigenvalue weighted by Crippen LogP contribution is -2.14. The second-order valence-corrected chi connectivity index (χ2v) is 9.27. The van der Waals surface area contributed by atoms with Gasteiger partial charge >= 0.3 is 0 Å². The molecule has 0 fully saturated rings. The number of aromatic nitrogens is 3. The summed E-state index contributed by atoms with van der Waals surface area (Å²) in [6.45, 7) is 0. The molecule has 2 heterocycles. The van der Waals surface area contributed by atoms with Gasteiger partial charge in [-0.1, -0.05) is 53.3 Å². The number of hydrogen-bond acceptors (Lipinski definition) is 6. The van der Waals surface area contributed by atoms with E-state index >= 15 is 0 Å². The van der Waals surface area contributed by atoms with E-state index in [2.05, 4.69) is 20.5 Å². The third-order valence-corrected chi connectivity index (χ3v) is 6.81. The van der Waals surface area contributed by atoms with Crippen LogP contribution in [0.3, 0.4) is 0 Å². The summed E-state index contributed by atoms with van der Waals surface area (Å²) in [5, 5.41) is 13.3. The van der Waals surface area contributed by atoms with Gasteiger partial charge in [-0.3, -0.25) is 9.89 Å². The summed E-state index contributed by atoms with van der Waals surface area (Å²) in [7, 11) is 0. The van der Waals surface area contributed by atoms with Gasteiger partial charge in [-0.2, -0.15) is 0 Å². The molecule has 9 heteroatoms. The van der Waals surface area contributed by atoms with E-state index in [-0.39, 0.29) is 11.7 Å². The number of hydrogen-bond donors (Lipinski definition) is 2. The van der Waals surface area contributed by atoms with Crippen LogP contribution in [0.15, 0.2) is 81.0 Å². The maximum Gasteiger partial charge on any atom is 0.234 e. The van der Waals surface area contributed by atoms with Crippen molar-refractivity contribution < 1.29 is 4.79 Å². The predicted octanol–water partition coefficient (Wildman–Crippen LogP) is 6.07. The minimum atomic E-state index is -0.110. The largest absolute Gasteiger partial charge is 0.324 e. The molecule has 2 N–H and O–H groups in total. The predicted molar refractivity (Wildman–Crippen MR) is 121 cm³/mol. The van der Waals surface area contributed by atoms with Crippen LogP contribution in [0.5, 0.6) is 0 Å². The zero-order valence-corrected chi connectivity index (χ0v) is 18.2. The molecule has 0 unspecified atom stereocenters. The molecule has 0 saturated carbocycles. The average molecular weight is 459 g/mol. The zero-order chi connectivity index (χ0) is 20.1. The van der Waals surface area contributed by atoms with Gasteiger partial charge in [0.15, 0.2) is 5.82 Å². The van der Waals surface area contributed by atoms with Crippen molar-refractivity contribution in [1.29, 1.82) is 0 Å². The summed E-state index contributed by atoms with van der Waals surface area (Å²) < 4.78 is 0. The Morgan fingerprint density at radius 3 is 2.72 bits per heavy atom. The number of thioether (sulfide) groups is 1. The molecule has 0 atom stereocenters. The highest BCUT2D eigenvalue weighted by Crippen LogP contribution is 2.34. The minimum Gasteiger partial charge on any atom is -0.324 e. The molecule has 1 amide bonds. The molecule has 0 bridgehead atoms. The highest BCUT2D eigenvalue weighted by Gasteiger charge is 2.12. The molecule has 0 saturated heterocycles. The van der Waals surface area contributed by atoms with E-state index in [1.807, 2.05) is 66.0 Å². The first kappa shape index (κ1) is 20.0. The molecule has 5 nitrogen and oxygen atoms in total. The molecule has 0 aliphatic rings. The molecule has 2 aromatic carbocycles. The number of H-pyrrole nitrogens is 1. The Hall–Kier alpha value is -2.26. The van der Waals surface area contributed by atoms with Crippen LogP contribution in [0.25, 0.3) is 10.7 Å². The van der Waals surface area contributed by atoms with E-state index in [1.54, 1.807) is 23.1 Å². The van der Waals surface area contributed by atoms with Gasteiger partial charge < -0.3 is 5.32 Å². The van der Waals surface area contributed by atoms with Crippen LogP contribution < -0.4 is 5.32 Å². The molecular weight excluding hydrogens is 444 g/mol. The van der Waals surface area contributed by atoms with Crippen LogP contribution >= 0.6 is 46.5 Å². The molecule has 4 aromatic rings. The number of halogens is 1. The molecule has 29 heavy (non-hydrogen) atoms. The van der Waals surface area contributed by atoms with Gasteiger partial charge in [0.25, 0.3) is 0 Å². The van der Waals surface area contributed by atoms with Gasteiger partial charge in [-0.25, -0.2) is 4.98 Å². The molecule has 0 aliphatic carbocycles. The fraction of sp³-hybridized carbons (Fsp3) is 0.0500. The van der Waals surface area contributed by atoms with Crippen LogP contribution in [0.2, 0.25) is 5.02 Å². The lowest BCUT2D eigenvalue weighted by molar-refractivity contribution is -0.113. The number of thiophene rings is 1. The summed E-state index contributed by atoms with van der Waals surface area (Å²) in [6, 6.07) is 19.3. The Morgan fingerprint density at radius 2 is 1.93 bits per heavy atom. The van der Waals surface area contributed by atoms with Crippen molar-refractivity contribution in [3.63, 3.8) is 0 Å². The van der Waals surface area contributed by atoms with Crippen LogP contribution in [0, 0.1) is 0 Å². The van der Waals surface area contributed by atoms with Gasteiger partial charge in [0.2, 0.25) is 11.1 Å². The van der Waals surface area contributed by atoms with Crippen molar-refractivity contribution in [3.05, 3.63) is 71.1 Å². The Bertz CT molecular complexity index is 1100. The number of benzene rings is 2. The molecule has 146 valence electrons. The van der Waals surface area contributed by atoms with Crippen LogP contribution in [-0.2, 0) is 4.79 Å². The summed E-state index contributed by atoms with van der Waals surface area (Å²) in [4.78, 5) is 19.9. The number of nitrogens with one attached hydrogen (secondary N) is 2. The van der Waals surface area contributed by atoms with Crippen LogP contribution in [0.4, 0.5) is 5.69 Å². The minimum absolute atomic E-state index is 0.110. The van der Waals surface area contributed by atoms with Crippen LogP contribution in [0.1, 0.15) is 0 Å². The van der Waals surface area contributed by atoms with E-state index < -0.39 is 0 Å². The summed E-state index contributed by atoms with van der Waals surface area (Å²) >= 11 is 10.4. The van der Waals surface area contributed by atoms with Crippen molar-refractivity contribution in [2.45, 2.75) is 14.9 Å². The maximum atomic E-state index is 12.4. The van der Waals surface area contributed by atoms with E-state index in [0.29, 0.717) is 16.0 Å². The number of para-hydroxylation sites is 1. The number of anilines is 1. The monoisotopic (exact) mass is 458 g/mol. The Kier molecular flexibility index (Phi) is 6.56. The topological polar surface area (TPSA) is 70.7 Å². The third kappa shape index (κ3) is 5.42. The van der Waals surface area contributed by atoms with Crippen molar-refractivity contribution in [1.82, 2.24) is 15.2 Å². The highest BCUT2D eigenvalue weighted by molar-refractivity contribution is 8.00. The number of rotatable bonds is 7. The summed E-state index contributed by atoms with van der Waals surface area (Å²) in [6.07, 6.45) is 0. The van der Waals surface area contributed by atoms with Gasteiger partial charge in [-0.05, 0) is 47.8 Å². The van der Waals surface area contributed by atoms with Gasteiger partial charge in [0.1, 0.15) is 0 Å². The van der Waals surface area contributed by atoms with Crippen molar-refractivity contribution in [3.8, 4) is 10.7 Å². The third-order valence-electron chi connectivity index (χ3n) is 3.75. The number of nitrogens with zero attached hydrogens (tertiary/aromatic N) is 2. The number of amides is 1. The van der Waals surface area contributed by atoms with Crippen molar-refractivity contribution >= 4 is 58.1 Å². The molecule has 0 spiro atoms. The quantitative estimate of drug-likeness (QED) is 0.329. The lowest BCUT2D eigenvalue weighted by Gasteiger charge is -2.10. The Balaban J connectivity index is 1.37. The van der Waals surface area contributed by atoms with Crippen molar-refractivity contribution in [2.75, 3.05) is 11.1 Å². The van der Waals surface area contributed by atoms with E-state index in [4.69, 9.17) is 11.6 Å². The van der Waals surface area contributed by atoms with Crippen molar-refractivity contribution in [2.24, 2.45) is 0 Å². The molecule has 0 aliphatic heterocycles. The fourth-order valence-corrected chi connectivity index (χ4v) is 4.73. The first-order valence-corrected chi connectivity index (χ1v) is 11.6. The normalized spacial score (nSPS) is 10.8. The Labute approximate surface area is 185 Å².